The lowest BCUT2D eigenvalue weighted by Gasteiger charge is -2.03. The van der Waals surface area contributed by atoms with Crippen molar-refractivity contribution in [3.63, 3.8) is 0 Å². The molecular weight excluding hydrogens is 300 g/mol. The van der Waals surface area contributed by atoms with Crippen LogP contribution in [0, 0.1) is 30.3 Å². The van der Waals surface area contributed by atoms with Crippen LogP contribution in [0.2, 0.25) is 0 Å². The lowest BCUT2D eigenvalue weighted by atomic mass is 10.0. The first-order valence-corrected chi connectivity index (χ1v) is 5.71. The predicted octanol–water partition coefficient (Wildman–Crippen LogP) is 2.13. The maximum absolute atomic E-state index is 11.8. The van der Waals surface area contributed by atoms with Gasteiger partial charge in [-0.05, 0) is 6.07 Å². The Hall–Kier alpha value is -3.63. The number of carbonyl (C=O) groups excluding carboxylic acids is 1. The smallest absolute Gasteiger partial charge is 0.300 e. The van der Waals surface area contributed by atoms with E-state index in [0.29, 0.717) is 6.07 Å². The first-order valence-electron chi connectivity index (χ1n) is 5.71. The molecule has 3 rings (SSSR count). The van der Waals surface area contributed by atoms with Gasteiger partial charge < -0.3 is 5.32 Å². The topological polar surface area (TPSA) is 159 Å². The van der Waals surface area contributed by atoms with Gasteiger partial charge in [0.2, 0.25) is 0 Å². The van der Waals surface area contributed by atoms with Gasteiger partial charge in [-0.15, -0.1) is 0 Å². The standard InChI is InChI=1S/C11H4N4O7/c16-11-4-1-2-5(13(17)18)9-6(14(19)20)3-7(15(21)22)10(12-11)8(4)9/h1-3H,(H,12,16). The van der Waals surface area contributed by atoms with Crippen LogP contribution in [0.5, 0.6) is 0 Å². The van der Waals surface area contributed by atoms with E-state index in [9.17, 15) is 35.1 Å². The number of hydrogen-bond donors (Lipinski definition) is 1. The quantitative estimate of drug-likeness (QED) is 0.671. The van der Waals surface area contributed by atoms with Crippen LogP contribution in [-0.2, 0) is 0 Å². The Morgan fingerprint density at radius 2 is 1.41 bits per heavy atom. The Labute approximate surface area is 119 Å². The molecule has 0 radical (unpaired) electrons. The molecule has 0 fully saturated rings. The molecule has 11 heteroatoms. The van der Waals surface area contributed by atoms with E-state index in [1.54, 1.807) is 0 Å². The van der Waals surface area contributed by atoms with Crippen LogP contribution in [0.3, 0.4) is 0 Å². The van der Waals surface area contributed by atoms with Crippen molar-refractivity contribution in [1.82, 2.24) is 0 Å². The zero-order chi connectivity index (χ0) is 16.2. The summed E-state index contributed by atoms with van der Waals surface area (Å²) in [5.41, 5.74) is -2.43. The number of amides is 1. The summed E-state index contributed by atoms with van der Waals surface area (Å²) < 4.78 is 0. The number of nitro groups is 3. The van der Waals surface area contributed by atoms with Crippen LogP contribution >= 0.6 is 0 Å². The molecule has 11 nitrogen and oxygen atoms in total. The van der Waals surface area contributed by atoms with Crippen molar-refractivity contribution in [2.45, 2.75) is 0 Å². The monoisotopic (exact) mass is 304 g/mol. The third-order valence-electron chi connectivity index (χ3n) is 3.29. The van der Waals surface area contributed by atoms with Gasteiger partial charge in [-0.2, -0.15) is 0 Å². The number of carbonyl (C=O) groups is 1. The van der Waals surface area contributed by atoms with Crippen molar-refractivity contribution in [2.24, 2.45) is 0 Å². The van der Waals surface area contributed by atoms with Gasteiger partial charge in [-0.3, -0.25) is 35.1 Å². The van der Waals surface area contributed by atoms with Crippen LogP contribution in [0.15, 0.2) is 18.2 Å². The molecule has 1 aliphatic rings. The summed E-state index contributed by atoms with van der Waals surface area (Å²) in [4.78, 5) is 42.4. The van der Waals surface area contributed by atoms with Crippen LogP contribution in [0.4, 0.5) is 22.7 Å². The fraction of sp³-hybridized carbons (Fsp3) is 0. The van der Waals surface area contributed by atoms with Crippen molar-refractivity contribution in [3.05, 3.63) is 54.1 Å². The van der Waals surface area contributed by atoms with Gasteiger partial charge in [0, 0.05) is 11.5 Å². The maximum atomic E-state index is 11.8. The zero-order valence-electron chi connectivity index (χ0n) is 10.4. The summed E-state index contributed by atoms with van der Waals surface area (Å²) in [6, 6.07) is 2.69. The van der Waals surface area contributed by atoms with Crippen molar-refractivity contribution in [1.29, 1.82) is 0 Å². The third-order valence-corrected chi connectivity index (χ3v) is 3.29. The van der Waals surface area contributed by atoms with Crippen LogP contribution in [0.25, 0.3) is 10.8 Å². The SMILES string of the molecule is O=C1Nc2c([N+](=O)[O-])cc([N+](=O)[O-])c3c([N+](=O)[O-])ccc1c23. The number of rotatable bonds is 3. The molecule has 2 aromatic rings. The molecule has 1 amide bonds. The van der Waals surface area contributed by atoms with E-state index in [2.05, 4.69) is 5.32 Å². The Morgan fingerprint density at radius 1 is 0.818 bits per heavy atom. The van der Waals surface area contributed by atoms with E-state index in [-0.39, 0.29) is 16.6 Å². The molecule has 0 aliphatic carbocycles. The zero-order valence-corrected chi connectivity index (χ0v) is 10.4. The molecule has 0 saturated carbocycles. The second-order valence-corrected chi connectivity index (χ2v) is 4.40. The van der Waals surface area contributed by atoms with Crippen molar-refractivity contribution in [3.8, 4) is 0 Å². The molecule has 110 valence electrons. The molecule has 0 saturated heterocycles. The third kappa shape index (κ3) is 1.59. The van der Waals surface area contributed by atoms with Crippen molar-refractivity contribution < 1.29 is 19.6 Å². The lowest BCUT2D eigenvalue weighted by molar-refractivity contribution is -0.395. The molecule has 0 unspecified atom stereocenters. The highest BCUT2D eigenvalue weighted by molar-refractivity contribution is 6.28. The van der Waals surface area contributed by atoms with Gasteiger partial charge in [0.05, 0.1) is 26.4 Å². The van der Waals surface area contributed by atoms with Gasteiger partial charge in [0.1, 0.15) is 11.1 Å². The molecule has 1 N–H and O–H groups in total. The van der Waals surface area contributed by atoms with E-state index in [0.717, 1.165) is 12.1 Å². The average Bonchev–Trinajstić information content (AvgIpc) is 2.77. The molecule has 1 heterocycles. The molecule has 0 spiro atoms. The minimum atomic E-state index is -0.953. The molecule has 1 aliphatic heterocycles. The number of hydrogen-bond acceptors (Lipinski definition) is 7. The minimum absolute atomic E-state index is 0.0811. The summed E-state index contributed by atoms with van der Waals surface area (Å²) in [5.74, 6) is -0.710. The van der Waals surface area contributed by atoms with Gasteiger partial charge >= 0.3 is 0 Å². The summed E-state index contributed by atoms with van der Waals surface area (Å²) >= 11 is 0. The van der Waals surface area contributed by atoms with Crippen molar-refractivity contribution >= 4 is 39.4 Å². The van der Waals surface area contributed by atoms with Crippen LogP contribution in [-0.4, -0.2) is 20.7 Å². The second kappa shape index (κ2) is 4.18. The highest BCUT2D eigenvalue weighted by Gasteiger charge is 2.37. The van der Waals surface area contributed by atoms with Gasteiger partial charge in [0.25, 0.3) is 23.0 Å². The van der Waals surface area contributed by atoms with E-state index >= 15 is 0 Å². The van der Waals surface area contributed by atoms with Gasteiger partial charge in [0.15, 0.2) is 0 Å². The number of nitrogens with zero attached hydrogens (tertiary/aromatic N) is 3. The first-order chi connectivity index (χ1) is 10.3. The van der Waals surface area contributed by atoms with Crippen molar-refractivity contribution in [2.75, 3.05) is 5.32 Å². The molecule has 22 heavy (non-hydrogen) atoms. The highest BCUT2D eigenvalue weighted by atomic mass is 16.6. The molecule has 0 aromatic heterocycles. The number of non-ortho nitro benzene ring substituents is 2. The number of nitrogens with one attached hydrogen (secondary N) is 1. The fourth-order valence-electron chi connectivity index (χ4n) is 2.45. The fourth-order valence-corrected chi connectivity index (χ4v) is 2.45. The number of nitro benzene ring substituents is 3. The summed E-state index contributed by atoms with van der Waals surface area (Å²) in [6.07, 6.45) is 0. The summed E-state index contributed by atoms with van der Waals surface area (Å²) in [7, 11) is 0. The molecular formula is C11H4N4O7. The van der Waals surface area contributed by atoms with Crippen LogP contribution < -0.4 is 5.32 Å². The predicted molar refractivity (Wildman–Crippen MR) is 71.9 cm³/mol. The minimum Gasteiger partial charge on any atom is -0.316 e. The second-order valence-electron chi connectivity index (χ2n) is 4.40. The van der Waals surface area contributed by atoms with E-state index in [4.69, 9.17) is 0 Å². The van der Waals surface area contributed by atoms with Crippen LogP contribution in [0.1, 0.15) is 10.4 Å². The number of anilines is 1. The highest BCUT2D eigenvalue weighted by Crippen LogP contribution is 2.47. The molecule has 0 atom stereocenters. The molecule has 0 bridgehead atoms. The Kier molecular flexibility index (Phi) is 2.54. The lowest BCUT2D eigenvalue weighted by Crippen LogP contribution is -2.05. The Morgan fingerprint density at radius 3 is 1.95 bits per heavy atom. The average molecular weight is 304 g/mol. The van der Waals surface area contributed by atoms with Gasteiger partial charge in [-0.25, -0.2) is 0 Å². The van der Waals surface area contributed by atoms with E-state index in [1.807, 2.05) is 0 Å². The largest absolute Gasteiger partial charge is 0.316 e. The van der Waals surface area contributed by atoms with E-state index in [1.165, 1.54) is 0 Å². The summed E-state index contributed by atoms with van der Waals surface area (Å²) in [6.45, 7) is 0. The normalized spacial score (nSPS) is 12.3. The maximum Gasteiger partial charge on any atom is 0.300 e. The van der Waals surface area contributed by atoms with Gasteiger partial charge in [-0.1, -0.05) is 0 Å². The summed E-state index contributed by atoms with van der Waals surface area (Å²) in [5, 5.41) is 34.9. The first kappa shape index (κ1) is 13.4. The number of benzene rings is 2. The van der Waals surface area contributed by atoms with E-state index < -0.39 is 43.1 Å². The molecule has 2 aromatic carbocycles. The Balaban J connectivity index is 2.61. The Bertz CT molecular complexity index is 921.